The van der Waals surface area contributed by atoms with Gasteiger partial charge in [-0.05, 0) is 46.3 Å². The zero-order valence-electron chi connectivity index (χ0n) is 12.5. The van der Waals surface area contributed by atoms with Crippen LogP contribution in [0.1, 0.15) is 17.1 Å². The molecule has 1 N–H and O–H groups in total. The van der Waals surface area contributed by atoms with Gasteiger partial charge in [-0.25, -0.2) is 4.98 Å². The molecule has 0 amide bonds. The number of hydrogen-bond donors (Lipinski definition) is 1. The van der Waals surface area contributed by atoms with Crippen LogP contribution in [0.5, 0.6) is 0 Å². The smallest absolute Gasteiger partial charge is 0.305 e. The Bertz CT molecular complexity index is 991. The average molecular weight is 405 g/mol. The summed E-state index contributed by atoms with van der Waals surface area (Å²) in [5.74, 6) is -0.503. The van der Waals surface area contributed by atoms with Gasteiger partial charge in [0.05, 0.1) is 17.3 Å². The molecule has 0 spiro atoms. The maximum atomic E-state index is 12.7. The zero-order chi connectivity index (χ0) is 17.1. The van der Waals surface area contributed by atoms with Crippen LogP contribution in [-0.2, 0) is 11.3 Å². The third-order valence-electron chi connectivity index (χ3n) is 3.42. The van der Waals surface area contributed by atoms with E-state index in [2.05, 4.69) is 20.9 Å². The molecule has 0 saturated carbocycles. The molecule has 122 valence electrons. The lowest BCUT2D eigenvalue weighted by atomic mass is 10.2. The van der Waals surface area contributed by atoms with Gasteiger partial charge in [0.2, 0.25) is 0 Å². The predicted molar refractivity (Wildman–Crippen MR) is 99.2 cm³/mol. The molecule has 0 radical (unpaired) electrons. The molecule has 0 aliphatic rings. The van der Waals surface area contributed by atoms with Gasteiger partial charge in [0.1, 0.15) is 5.82 Å². The highest BCUT2D eigenvalue weighted by atomic mass is 79.9. The molecule has 0 aliphatic carbocycles. The molecule has 0 saturated heterocycles. The van der Waals surface area contributed by atoms with Crippen molar-refractivity contribution in [1.29, 1.82) is 0 Å². The van der Waals surface area contributed by atoms with Crippen molar-refractivity contribution in [3.05, 3.63) is 61.2 Å². The Hall–Kier alpha value is -2.25. The summed E-state index contributed by atoms with van der Waals surface area (Å²) in [6.45, 7) is 0.0831. The van der Waals surface area contributed by atoms with Gasteiger partial charge in [0.15, 0.2) is 0 Å². The Balaban J connectivity index is 2.09. The second-order valence-corrected chi connectivity index (χ2v) is 6.95. The Morgan fingerprint density at radius 2 is 2.12 bits per heavy atom. The molecule has 24 heavy (non-hydrogen) atoms. The summed E-state index contributed by atoms with van der Waals surface area (Å²) in [6.07, 6.45) is 3.47. The third kappa shape index (κ3) is 3.63. The van der Waals surface area contributed by atoms with Crippen LogP contribution in [0.3, 0.4) is 0 Å². The Morgan fingerprint density at radius 1 is 1.33 bits per heavy atom. The lowest BCUT2D eigenvalue weighted by Crippen LogP contribution is -2.25. The SMILES string of the molecule is O=C(O)CCn1c(C=Cc2cc(Br)cs2)nc2ccccc2c1=O. The topological polar surface area (TPSA) is 72.2 Å². The van der Waals surface area contributed by atoms with Gasteiger partial charge in [0, 0.05) is 21.3 Å². The lowest BCUT2D eigenvalue weighted by molar-refractivity contribution is -0.137. The number of fused-ring (bicyclic) bond motifs is 1. The molecule has 0 bridgehead atoms. The number of aromatic nitrogens is 2. The Kier molecular flexibility index (Phi) is 4.92. The van der Waals surface area contributed by atoms with Crippen molar-refractivity contribution in [1.82, 2.24) is 9.55 Å². The van der Waals surface area contributed by atoms with E-state index in [1.807, 2.05) is 23.6 Å². The number of halogens is 1. The number of carboxylic acids is 1. The molecule has 0 aliphatic heterocycles. The molecule has 5 nitrogen and oxygen atoms in total. The lowest BCUT2D eigenvalue weighted by Gasteiger charge is -2.10. The van der Waals surface area contributed by atoms with E-state index >= 15 is 0 Å². The molecule has 3 aromatic rings. The van der Waals surface area contributed by atoms with Gasteiger partial charge in [-0.1, -0.05) is 12.1 Å². The Morgan fingerprint density at radius 3 is 2.83 bits per heavy atom. The van der Waals surface area contributed by atoms with Crippen LogP contribution in [0.2, 0.25) is 0 Å². The minimum Gasteiger partial charge on any atom is -0.481 e. The van der Waals surface area contributed by atoms with Crippen molar-refractivity contribution in [2.45, 2.75) is 13.0 Å². The van der Waals surface area contributed by atoms with Crippen molar-refractivity contribution in [2.24, 2.45) is 0 Å². The standard InChI is InChI=1S/C17H13BrN2O3S/c18-11-9-12(24-10-11)5-6-15-19-14-4-2-1-3-13(14)17(23)20(15)8-7-16(21)22/h1-6,9-10H,7-8H2,(H,21,22). The monoisotopic (exact) mass is 404 g/mol. The van der Waals surface area contributed by atoms with Crippen LogP contribution >= 0.6 is 27.3 Å². The second kappa shape index (κ2) is 7.11. The van der Waals surface area contributed by atoms with E-state index in [1.165, 1.54) is 4.57 Å². The summed E-state index contributed by atoms with van der Waals surface area (Å²) < 4.78 is 2.40. The molecule has 3 rings (SSSR count). The number of hydrogen-bond acceptors (Lipinski definition) is 4. The van der Waals surface area contributed by atoms with Gasteiger partial charge in [-0.2, -0.15) is 0 Å². The molecular formula is C17H13BrN2O3S. The molecule has 2 heterocycles. The first kappa shape index (κ1) is 16.6. The summed E-state index contributed by atoms with van der Waals surface area (Å²) in [5.41, 5.74) is 0.370. The predicted octanol–water partition coefficient (Wildman–Crippen LogP) is 3.87. The molecule has 0 unspecified atom stereocenters. The van der Waals surface area contributed by atoms with Crippen LogP contribution in [0.15, 0.2) is 45.0 Å². The molecule has 2 aromatic heterocycles. The summed E-state index contributed by atoms with van der Waals surface area (Å²) in [4.78, 5) is 29.1. The van der Waals surface area contributed by atoms with E-state index < -0.39 is 5.97 Å². The summed E-state index contributed by atoms with van der Waals surface area (Å²) in [6, 6.07) is 9.02. The fourth-order valence-electron chi connectivity index (χ4n) is 2.31. The van der Waals surface area contributed by atoms with Gasteiger partial charge < -0.3 is 5.11 Å². The van der Waals surface area contributed by atoms with E-state index in [1.54, 1.807) is 35.6 Å². The van der Waals surface area contributed by atoms with Gasteiger partial charge in [0.25, 0.3) is 5.56 Å². The number of rotatable bonds is 5. The fraction of sp³-hybridized carbons (Fsp3) is 0.118. The quantitative estimate of drug-likeness (QED) is 0.700. The zero-order valence-corrected chi connectivity index (χ0v) is 14.9. The third-order valence-corrected chi connectivity index (χ3v) is 5.08. The van der Waals surface area contributed by atoms with Crippen molar-refractivity contribution in [3.63, 3.8) is 0 Å². The first-order chi connectivity index (χ1) is 11.5. The number of thiophene rings is 1. The maximum Gasteiger partial charge on any atom is 0.305 e. The average Bonchev–Trinajstić information content (AvgIpc) is 2.97. The van der Waals surface area contributed by atoms with Crippen molar-refractivity contribution in [3.8, 4) is 0 Å². The first-order valence-corrected chi connectivity index (χ1v) is 8.85. The normalized spacial score (nSPS) is 11.4. The number of benzene rings is 1. The highest BCUT2D eigenvalue weighted by molar-refractivity contribution is 9.10. The van der Waals surface area contributed by atoms with Crippen LogP contribution in [0, 0.1) is 0 Å². The highest BCUT2D eigenvalue weighted by Gasteiger charge is 2.10. The van der Waals surface area contributed by atoms with Gasteiger partial charge in [-0.15, -0.1) is 11.3 Å². The van der Waals surface area contributed by atoms with Crippen LogP contribution in [-0.4, -0.2) is 20.6 Å². The number of carboxylic acid groups (broad SMARTS) is 1. The van der Waals surface area contributed by atoms with Crippen LogP contribution in [0.25, 0.3) is 23.1 Å². The van der Waals surface area contributed by atoms with Gasteiger partial charge in [-0.3, -0.25) is 14.2 Å². The van der Waals surface area contributed by atoms with Gasteiger partial charge >= 0.3 is 5.97 Å². The number of nitrogens with zero attached hydrogens (tertiary/aromatic N) is 2. The second-order valence-electron chi connectivity index (χ2n) is 5.09. The molecular weight excluding hydrogens is 392 g/mol. The molecule has 0 fully saturated rings. The number of aliphatic carboxylic acids is 1. The summed E-state index contributed by atoms with van der Waals surface area (Å²) in [5, 5.41) is 11.4. The fourth-order valence-corrected chi connectivity index (χ4v) is 3.65. The Labute approximate surface area is 150 Å². The number of para-hydroxylation sites is 1. The highest BCUT2D eigenvalue weighted by Crippen LogP contribution is 2.21. The molecule has 7 heteroatoms. The first-order valence-electron chi connectivity index (χ1n) is 7.18. The van der Waals surface area contributed by atoms with E-state index in [0.29, 0.717) is 16.7 Å². The van der Waals surface area contributed by atoms with Crippen molar-refractivity contribution >= 4 is 56.3 Å². The molecule has 0 atom stereocenters. The maximum absolute atomic E-state index is 12.7. The molecule has 1 aromatic carbocycles. The van der Waals surface area contributed by atoms with E-state index in [-0.39, 0.29) is 18.5 Å². The largest absolute Gasteiger partial charge is 0.481 e. The van der Waals surface area contributed by atoms with Crippen LogP contribution in [0.4, 0.5) is 0 Å². The van der Waals surface area contributed by atoms with E-state index in [9.17, 15) is 9.59 Å². The van der Waals surface area contributed by atoms with E-state index in [0.717, 1.165) is 9.35 Å². The minimum atomic E-state index is -0.952. The number of carbonyl (C=O) groups is 1. The summed E-state index contributed by atoms with van der Waals surface area (Å²) >= 11 is 4.96. The minimum absolute atomic E-state index is 0.0831. The van der Waals surface area contributed by atoms with Crippen molar-refractivity contribution in [2.75, 3.05) is 0 Å². The van der Waals surface area contributed by atoms with E-state index in [4.69, 9.17) is 5.11 Å². The van der Waals surface area contributed by atoms with Crippen molar-refractivity contribution < 1.29 is 9.90 Å². The summed E-state index contributed by atoms with van der Waals surface area (Å²) in [7, 11) is 0. The van der Waals surface area contributed by atoms with Crippen LogP contribution < -0.4 is 5.56 Å².